The number of rotatable bonds is 1. The Balaban J connectivity index is 1.50. The van der Waals surface area contributed by atoms with E-state index in [1.807, 2.05) is 4.90 Å². The highest BCUT2D eigenvalue weighted by Crippen LogP contribution is 2.61. The summed E-state index contributed by atoms with van der Waals surface area (Å²) < 4.78 is 24.8. The average Bonchev–Trinajstić information content (AvgIpc) is 3.19. The number of benzene rings is 1. The minimum Gasteiger partial charge on any atom is -0.489 e. The van der Waals surface area contributed by atoms with E-state index in [0.717, 1.165) is 24.1 Å². The van der Waals surface area contributed by atoms with Gasteiger partial charge in [0.15, 0.2) is 0 Å². The normalized spacial score (nSPS) is 37.2. The molecule has 32 heavy (non-hydrogen) atoms. The average molecular weight is 437 g/mol. The Kier molecular flexibility index (Phi) is 4.07. The largest absolute Gasteiger partial charge is 0.498 e. The number of likely N-dealkylation sites (tertiary alicyclic amines) is 1. The van der Waals surface area contributed by atoms with Crippen molar-refractivity contribution in [3.05, 3.63) is 35.4 Å². The first kappa shape index (κ1) is 20.6. The molecule has 6 rings (SSSR count). The first-order valence-electron chi connectivity index (χ1n) is 11.8. The Morgan fingerprint density at radius 2 is 1.88 bits per heavy atom. The smallest absolute Gasteiger partial charge is 0.489 e. The monoisotopic (exact) mass is 437 g/mol. The third-order valence-electron chi connectivity index (χ3n) is 9.11. The Morgan fingerprint density at radius 3 is 2.56 bits per heavy atom. The van der Waals surface area contributed by atoms with Crippen LogP contribution in [0.5, 0.6) is 5.75 Å². The summed E-state index contributed by atoms with van der Waals surface area (Å²) in [4.78, 5) is 14.5. The zero-order valence-corrected chi connectivity index (χ0v) is 19.8. The van der Waals surface area contributed by atoms with Crippen LogP contribution in [0.25, 0.3) is 0 Å². The van der Waals surface area contributed by atoms with Crippen molar-refractivity contribution >= 4 is 18.7 Å². The molecule has 3 heterocycles. The van der Waals surface area contributed by atoms with Crippen LogP contribution in [0.4, 0.5) is 4.79 Å². The number of amides is 1. The summed E-state index contributed by atoms with van der Waals surface area (Å²) in [6, 6.07) is 4.41. The van der Waals surface area contributed by atoms with Crippen LogP contribution in [-0.2, 0) is 25.9 Å². The summed E-state index contributed by atoms with van der Waals surface area (Å²) in [5, 5.41) is 0. The molecule has 1 spiro atoms. The number of piperidine rings is 1. The van der Waals surface area contributed by atoms with Gasteiger partial charge in [-0.1, -0.05) is 31.2 Å². The van der Waals surface area contributed by atoms with Gasteiger partial charge in [0.2, 0.25) is 0 Å². The van der Waals surface area contributed by atoms with Gasteiger partial charge in [-0.2, -0.15) is 0 Å². The van der Waals surface area contributed by atoms with Gasteiger partial charge in [-0.25, -0.2) is 4.79 Å². The van der Waals surface area contributed by atoms with E-state index in [1.54, 1.807) is 0 Å². The third-order valence-corrected chi connectivity index (χ3v) is 9.11. The Labute approximate surface area is 190 Å². The van der Waals surface area contributed by atoms with E-state index in [2.05, 4.69) is 58.9 Å². The van der Waals surface area contributed by atoms with E-state index < -0.39 is 18.3 Å². The Morgan fingerprint density at radius 1 is 1.16 bits per heavy atom. The van der Waals surface area contributed by atoms with E-state index in [0.29, 0.717) is 12.5 Å². The predicted molar refractivity (Wildman–Crippen MR) is 121 cm³/mol. The van der Waals surface area contributed by atoms with Gasteiger partial charge in [-0.3, -0.25) is 0 Å². The molecule has 2 aliphatic carbocycles. The topological polar surface area (TPSA) is 57.2 Å². The van der Waals surface area contributed by atoms with Crippen molar-refractivity contribution in [3.63, 3.8) is 0 Å². The quantitative estimate of drug-likeness (QED) is 0.499. The molecule has 0 N–H and O–H groups in total. The molecule has 170 valence electrons. The number of carbonyl (C=O) groups excluding carboxylic acids is 1. The first-order valence-corrected chi connectivity index (χ1v) is 11.8. The van der Waals surface area contributed by atoms with Gasteiger partial charge in [0.05, 0.1) is 18.3 Å². The minimum atomic E-state index is -0.452. The maximum atomic E-state index is 12.6. The van der Waals surface area contributed by atoms with E-state index in [9.17, 15) is 4.79 Å². The fraction of sp³-hybridized carbons (Fsp3) is 0.640. The van der Waals surface area contributed by atoms with Crippen LogP contribution in [0.1, 0.15) is 52.2 Å². The lowest BCUT2D eigenvalue weighted by Gasteiger charge is -2.57. The molecular formula is C25H32BNO5. The molecular weight excluding hydrogens is 405 g/mol. The lowest BCUT2D eigenvalue weighted by molar-refractivity contribution is -0.0197. The maximum Gasteiger partial charge on any atom is 0.498 e. The predicted octanol–water partition coefficient (Wildman–Crippen LogP) is 3.20. The Hall–Kier alpha value is -1.99. The summed E-state index contributed by atoms with van der Waals surface area (Å²) >= 11 is 0. The molecule has 1 unspecified atom stereocenters. The van der Waals surface area contributed by atoms with Crippen LogP contribution >= 0.6 is 0 Å². The molecule has 1 aromatic rings. The fourth-order valence-electron chi connectivity index (χ4n) is 6.85. The molecule has 6 nitrogen and oxygen atoms in total. The second kappa shape index (κ2) is 6.32. The van der Waals surface area contributed by atoms with Gasteiger partial charge < -0.3 is 23.7 Å². The van der Waals surface area contributed by atoms with Crippen LogP contribution in [-0.4, -0.2) is 55.1 Å². The lowest BCUT2D eigenvalue weighted by Crippen LogP contribution is -2.65. The summed E-state index contributed by atoms with van der Waals surface area (Å²) in [6.07, 6.45) is 6.11. The number of hydrogen-bond acceptors (Lipinski definition) is 5. The lowest BCUT2D eigenvalue weighted by atomic mass is 9.52. The number of ether oxygens (including phenoxy) is 2. The molecule has 0 radical (unpaired) electrons. The summed E-state index contributed by atoms with van der Waals surface area (Å²) in [5.41, 5.74) is 2.67. The molecule has 3 aliphatic heterocycles. The molecule has 0 saturated carbocycles. The highest BCUT2D eigenvalue weighted by atomic mass is 16.7. The molecule has 7 heteroatoms. The van der Waals surface area contributed by atoms with E-state index in [1.165, 1.54) is 18.2 Å². The molecule has 2 bridgehead atoms. The molecule has 5 atom stereocenters. The highest BCUT2D eigenvalue weighted by molar-refractivity contribution is 6.63. The molecule has 0 aromatic heterocycles. The molecule has 1 aromatic carbocycles. The van der Waals surface area contributed by atoms with Crippen molar-refractivity contribution in [1.82, 2.24) is 4.90 Å². The summed E-state index contributed by atoms with van der Waals surface area (Å²) in [7, 11) is 1.02. The van der Waals surface area contributed by atoms with Crippen LogP contribution in [0.2, 0.25) is 0 Å². The molecule has 5 aliphatic rings. The van der Waals surface area contributed by atoms with Crippen molar-refractivity contribution < 1.29 is 23.6 Å². The first-order chi connectivity index (χ1) is 15.1. The number of carbonyl (C=O) groups is 1. The molecule has 1 amide bonds. The van der Waals surface area contributed by atoms with Gasteiger partial charge in [0.1, 0.15) is 11.9 Å². The standard InChI is InChI=1S/C25H32BNO5/c1-14-7-9-16-18-13-15-8-10-17(26-31-23(2,3)24(4,5)32-26)20-19(15)25(16,21(14)30-20)11-12-27(18)22(28)29-6/h7-10,14,16,18,21H,11-13H2,1-6H3/t14-,16-,18?,21-,25-/m0/s1. The number of nitrogens with zero attached hydrogens (tertiary/aromatic N) is 1. The highest BCUT2D eigenvalue weighted by Gasteiger charge is 2.65. The van der Waals surface area contributed by atoms with E-state index >= 15 is 0 Å². The third kappa shape index (κ3) is 2.36. The molecule has 2 fully saturated rings. The second-order valence-electron chi connectivity index (χ2n) is 11.1. The SMILES string of the molecule is COC(=O)N1CC[C@]23c4c5ccc(B6OC(C)(C)C(C)(C)O6)c4O[C@H]2[C@@H](C)C=C[C@H]3C1C5. The molecule has 2 saturated heterocycles. The van der Waals surface area contributed by atoms with Crippen LogP contribution < -0.4 is 10.2 Å². The van der Waals surface area contributed by atoms with Crippen molar-refractivity contribution in [3.8, 4) is 5.75 Å². The van der Waals surface area contributed by atoms with E-state index in [4.69, 9.17) is 18.8 Å². The van der Waals surface area contributed by atoms with Crippen LogP contribution in [0.3, 0.4) is 0 Å². The van der Waals surface area contributed by atoms with Crippen molar-refractivity contribution in [2.24, 2.45) is 11.8 Å². The second-order valence-corrected chi connectivity index (χ2v) is 11.1. The summed E-state index contributed by atoms with van der Waals surface area (Å²) in [6.45, 7) is 11.3. The van der Waals surface area contributed by atoms with Crippen molar-refractivity contribution in [2.75, 3.05) is 13.7 Å². The van der Waals surface area contributed by atoms with Crippen molar-refractivity contribution in [2.45, 2.75) is 76.2 Å². The van der Waals surface area contributed by atoms with Gasteiger partial charge in [-0.15, -0.1) is 0 Å². The van der Waals surface area contributed by atoms with Gasteiger partial charge in [0.25, 0.3) is 0 Å². The zero-order chi connectivity index (χ0) is 22.6. The maximum absolute atomic E-state index is 12.6. The van der Waals surface area contributed by atoms with Crippen molar-refractivity contribution in [1.29, 1.82) is 0 Å². The van der Waals surface area contributed by atoms with Crippen LogP contribution in [0, 0.1) is 11.8 Å². The number of methoxy groups -OCH3 is 1. The van der Waals surface area contributed by atoms with Gasteiger partial charge in [-0.05, 0) is 46.1 Å². The Bertz CT molecular complexity index is 1020. The van der Waals surface area contributed by atoms with Crippen LogP contribution in [0.15, 0.2) is 24.3 Å². The fourth-order valence-corrected chi connectivity index (χ4v) is 6.85. The van der Waals surface area contributed by atoms with Gasteiger partial charge >= 0.3 is 13.2 Å². The van der Waals surface area contributed by atoms with E-state index in [-0.39, 0.29) is 29.6 Å². The zero-order valence-electron chi connectivity index (χ0n) is 19.8. The minimum absolute atomic E-state index is 0.0532. The number of hydrogen-bond donors (Lipinski definition) is 0. The summed E-state index contributed by atoms with van der Waals surface area (Å²) in [5.74, 6) is 1.47. The van der Waals surface area contributed by atoms with Gasteiger partial charge in [0, 0.05) is 40.9 Å².